The maximum atomic E-state index is 12.3. The largest absolute Gasteiger partial charge is 0.468 e. The molecule has 0 spiro atoms. The molecule has 6 heteroatoms. The van der Waals surface area contributed by atoms with Crippen molar-refractivity contribution in [2.75, 3.05) is 19.6 Å². The van der Waals surface area contributed by atoms with Crippen LogP contribution in [0.1, 0.15) is 30.2 Å². The van der Waals surface area contributed by atoms with Crippen LogP contribution in [0, 0.1) is 0 Å². The summed E-state index contributed by atoms with van der Waals surface area (Å²) in [6, 6.07) is 9.19. The molecule has 0 bridgehead atoms. The van der Waals surface area contributed by atoms with Crippen LogP contribution in [0.2, 0.25) is 10.0 Å². The first-order chi connectivity index (χ1) is 11.6. The van der Waals surface area contributed by atoms with Crippen molar-refractivity contribution in [3.05, 3.63) is 58.0 Å². The van der Waals surface area contributed by atoms with E-state index in [0.29, 0.717) is 16.6 Å². The summed E-state index contributed by atoms with van der Waals surface area (Å²) >= 11 is 11.9. The van der Waals surface area contributed by atoms with Crippen molar-refractivity contribution in [2.24, 2.45) is 0 Å². The zero-order valence-corrected chi connectivity index (χ0v) is 14.8. The molecule has 1 atom stereocenters. The summed E-state index contributed by atoms with van der Waals surface area (Å²) in [6.07, 6.45) is 4.33. The standard InChI is InChI=1S/C18H20Cl2N2O2/c19-14-6-5-13(10-15(14)20)11-18(23)21-12-16(17-4-3-9-24-17)22-7-1-2-8-22/h3-6,9-10,16H,1-2,7-8,11-12H2,(H,21,23). The molecule has 1 aliphatic rings. The molecular formula is C18H20Cl2N2O2. The van der Waals surface area contributed by atoms with E-state index in [1.54, 1.807) is 18.4 Å². The minimum absolute atomic E-state index is 0.0378. The van der Waals surface area contributed by atoms with Crippen LogP contribution in [0.15, 0.2) is 41.0 Å². The monoisotopic (exact) mass is 366 g/mol. The average Bonchev–Trinajstić information content (AvgIpc) is 3.25. The van der Waals surface area contributed by atoms with Crippen LogP contribution in [0.3, 0.4) is 0 Å². The van der Waals surface area contributed by atoms with Crippen LogP contribution in [-0.4, -0.2) is 30.4 Å². The van der Waals surface area contributed by atoms with Gasteiger partial charge in [0.05, 0.1) is 28.8 Å². The third-order valence-corrected chi connectivity index (χ3v) is 5.03. The third kappa shape index (κ3) is 4.32. The van der Waals surface area contributed by atoms with E-state index < -0.39 is 0 Å². The molecule has 2 heterocycles. The number of nitrogens with one attached hydrogen (secondary N) is 1. The van der Waals surface area contributed by atoms with Gasteiger partial charge < -0.3 is 9.73 Å². The van der Waals surface area contributed by atoms with Crippen molar-refractivity contribution in [3.63, 3.8) is 0 Å². The molecule has 1 aromatic carbocycles. The fourth-order valence-corrected chi connectivity index (χ4v) is 3.37. The Morgan fingerprint density at radius 1 is 1.21 bits per heavy atom. The van der Waals surface area contributed by atoms with Crippen LogP contribution in [0.5, 0.6) is 0 Å². The molecule has 4 nitrogen and oxygen atoms in total. The summed E-state index contributed by atoms with van der Waals surface area (Å²) in [7, 11) is 0. The number of rotatable bonds is 6. The van der Waals surface area contributed by atoms with Crippen LogP contribution < -0.4 is 5.32 Å². The highest BCUT2D eigenvalue weighted by Gasteiger charge is 2.25. The molecule has 1 N–H and O–H groups in total. The van der Waals surface area contributed by atoms with Crippen LogP contribution in [0.25, 0.3) is 0 Å². The van der Waals surface area contributed by atoms with Gasteiger partial charge in [0.15, 0.2) is 0 Å². The molecule has 24 heavy (non-hydrogen) atoms. The Bertz CT molecular complexity index is 682. The van der Waals surface area contributed by atoms with Gasteiger partial charge in [-0.05, 0) is 55.8 Å². The van der Waals surface area contributed by atoms with E-state index in [9.17, 15) is 4.79 Å². The molecule has 1 amide bonds. The lowest BCUT2D eigenvalue weighted by Crippen LogP contribution is -2.37. The van der Waals surface area contributed by atoms with Crippen molar-refractivity contribution in [1.29, 1.82) is 0 Å². The van der Waals surface area contributed by atoms with E-state index in [1.807, 2.05) is 18.2 Å². The van der Waals surface area contributed by atoms with Gasteiger partial charge in [-0.15, -0.1) is 0 Å². The number of halogens is 2. The molecule has 1 fully saturated rings. The lowest BCUT2D eigenvalue weighted by molar-refractivity contribution is -0.120. The van der Waals surface area contributed by atoms with Crippen LogP contribution in [-0.2, 0) is 11.2 Å². The number of hydrogen-bond donors (Lipinski definition) is 1. The minimum Gasteiger partial charge on any atom is -0.468 e. The lowest BCUT2D eigenvalue weighted by atomic mass is 10.1. The molecule has 1 saturated heterocycles. The van der Waals surface area contributed by atoms with Gasteiger partial charge in [-0.3, -0.25) is 9.69 Å². The first-order valence-corrected chi connectivity index (χ1v) is 8.87. The highest BCUT2D eigenvalue weighted by molar-refractivity contribution is 6.42. The van der Waals surface area contributed by atoms with E-state index in [1.165, 1.54) is 12.8 Å². The van der Waals surface area contributed by atoms with Gasteiger partial charge in [-0.1, -0.05) is 29.3 Å². The highest BCUT2D eigenvalue weighted by atomic mass is 35.5. The average molecular weight is 367 g/mol. The van der Waals surface area contributed by atoms with Crippen LogP contribution in [0.4, 0.5) is 0 Å². The second kappa shape index (κ2) is 8.06. The topological polar surface area (TPSA) is 45.5 Å². The quantitative estimate of drug-likeness (QED) is 0.837. The molecule has 3 rings (SSSR count). The van der Waals surface area contributed by atoms with Gasteiger partial charge in [0.2, 0.25) is 5.91 Å². The Kier molecular flexibility index (Phi) is 5.82. The molecule has 1 aromatic heterocycles. The fourth-order valence-electron chi connectivity index (χ4n) is 3.05. The Balaban J connectivity index is 1.59. The van der Waals surface area contributed by atoms with Crippen molar-refractivity contribution in [1.82, 2.24) is 10.2 Å². The van der Waals surface area contributed by atoms with Gasteiger partial charge in [0.25, 0.3) is 0 Å². The number of nitrogens with zero attached hydrogens (tertiary/aromatic N) is 1. The lowest BCUT2D eigenvalue weighted by Gasteiger charge is -2.26. The SMILES string of the molecule is O=C(Cc1ccc(Cl)c(Cl)c1)NCC(c1ccco1)N1CCCC1. The summed E-state index contributed by atoms with van der Waals surface area (Å²) in [5.74, 6) is 0.857. The van der Waals surface area contributed by atoms with E-state index in [-0.39, 0.29) is 18.4 Å². The van der Waals surface area contributed by atoms with E-state index in [0.717, 1.165) is 24.4 Å². The molecule has 2 aromatic rings. The van der Waals surface area contributed by atoms with Crippen molar-refractivity contribution in [2.45, 2.75) is 25.3 Å². The molecule has 1 unspecified atom stereocenters. The molecule has 0 saturated carbocycles. The summed E-state index contributed by atoms with van der Waals surface area (Å²) in [4.78, 5) is 14.6. The Labute approximate surface area is 151 Å². The summed E-state index contributed by atoms with van der Waals surface area (Å²) in [5, 5.41) is 3.97. The normalized spacial score (nSPS) is 16.2. The van der Waals surface area contributed by atoms with Gasteiger partial charge in [0, 0.05) is 6.54 Å². The number of amides is 1. The smallest absolute Gasteiger partial charge is 0.224 e. The first kappa shape index (κ1) is 17.3. The Morgan fingerprint density at radius 2 is 2.00 bits per heavy atom. The number of furan rings is 1. The second-order valence-corrected chi connectivity index (χ2v) is 6.82. The van der Waals surface area contributed by atoms with Crippen LogP contribution >= 0.6 is 23.2 Å². The predicted molar refractivity (Wildman–Crippen MR) is 95.4 cm³/mol. The van der Waals surface area contributed by atoms with E-state index in [2.05, 4.69) is 10.2 Å². The van der Waals surface area contributed by atoms with Gasteiger partial charge in [-0.2, -0.15) is 0 Å². The molecule has 0 aliphatic carbocycles. The maximum Gasteiger partial charge on any atom is 0.224 e. The first-order valence-electron chi connectivity index (χ1n) is 8.11. The Morgan fingerprint density at radius 3 is 2.67 bits per heavy atom. The number of carbonyl (C=O) groups is 1. The number of benzene rings is 1. The molecule has 128 valence electrons. The van der Waals surface area contributed by atoms with E-state index in [4.69, 9.17) is 27.6 Å². The third-order valence-electron chi connectivity index (χ3n) is 4.29. The Hall–Kier alpha value is -1.49. The zero-order valence-electron chi connectivity index (χ0n) is 13.3. The van der Waals surface area contributed by atoms with Crippen molar-refractivity contribution < 1.29 is 9.21 Å². The minimum atomic E-state index is -0.0378. The fraction of sp³-hybridized carbons (Fsp3) is 0.389. The summed E-state index contributed by atoms with van der Waals surface area (Å²) < 4.78 is 5.56. The molecule has 1 aliphatic heterocycles. The number of carbonyl (C=O) groups excluding carboxylic acids is 1. The second-order valence-electron chi connectivity index (χ2n) is 6.00. The number of likely N-dealkylation sites (tertiary alicyclic amines) is 1. The van der Waals surface area contributed by atoms with Gasteiger partial charge in [0.1, 0.15) is 5.76 Å². The van der Waals surface area contributed by atoms with Crippen molar-refractivity contribution in [3.8, 4) is 0 Å². The highest BCUT2D eigenvalue weighted by Crippen LogP contribution is 2.25. The summed E-state index contributed by atoms with van der Waals surface area (Å²) in [5.41, 5.74) is 0.845. The summed E-state index contributed by atoms with van der Waals surface area (Å²) in [6.45, 7) is 2.61. The van der Waals surface area contributed by atoms with E-state index >= 15 is 0 Å². The van der Waals surface area contributed by atoms with Gasteiger partial charge in [-0.25, -0.2) is 0 Å². The maximum absolute atomic E-state index is 12.3. The molecular weight excluding hydrogens is 347 g/mol. The van der Waals surface area contributed by atoms with Gasteiger partial charge >= 0.3 is 0 Å². The van der Waals surface area contributed by atoms with Crippen molar-refractivity contribution >= 4 is 29.1 Å². The zero-order chi connectivity index (χ0) is 16.9. The molecule has 0 radical (unpaired) electrons. The number of hydrogen-bond acceptors (Lipinski definition) is 3. The predicted octanol–water partition coefficient (Wildman–Crippen LogP) is 4.08.